The average molecular weight is 343 g/mol. The first-order valence-corrected chi connectivity index (χ1v) is 6.54. The molecule has 4 nitrogen and oxygen atoms in total. The van der Waals surface area contributed by atoms with E-state index in [9.17, 15) is 22.0 Å². The van der Waals surface area contributed by atoms with Crippen LogP contribution in [-0.4, -0.2) is 11.6 Å². The van der Waals surface area contributed by atoms with Crippen molar-refractivity contribution in [2.24, 2.45) is 0 Å². The Morgan fingerprint density at radius 2 is 1.96 bits per heavy atom. The van der Waals surface area contributed by atoms with Gasteiger partial charge in [0.1, 0.15) is 5.75 Å². The van der Waals surface area contributed by atoms with Gasteiger partial charge in [0, 0.05) is 5.69 Å². The fourth-order valence-corrected chi connectivity index (χ4v) is 1.88. The van der Waals surface area contributed by atoms with Gasteiger partial charge in [-0.1, -0.05) is 0 Å². The molecule has 0 aliphatic carbocycles. The van der Waals surface area contributed by atoms with Crippen LogP contribution in [0.2, 0.25) is 0 Å². The maximum Gasteiger partial charge on any atom is 0.418 e. The molecule has 24 heavy (non-hydrogen) atoms. The lowest BCUT2D eigenvalue weighted by Gasteiger charge is -2.14. The summed E-state index contributed by atoms with van der Waals surface area (Å²) in [5, 5.41) is 11.3. The highest BCUT2D eigenvalue weighted by Gasteiger charge is 2.33. The van der Waals surface area contributed by atoms with Gasteiger partial charge in [-0.05, 0) is 30.3 Å². The van der Waals surface area contributed by atoms with E-state index in [-0.39, 0.29) is 23.5 Å². The Morgan fingerprint density at radius 3 is 2.50 bits per heavy atom. The molecule has 1 heterocycles. The van der Waals surface area contributed by atoms with E-state index in [1.807, 2.05) is 0 Å². The van der Waals surface area contributed by atoms with Gasteiger partial charge in [-0.2, -0.15) is 27.2 Å². The first kappa shape index (κ1) is 17.5. The molecule has 2 aromatic rings. The minimum Gasteiger partial charge on any atom is -0.433 e. The monoisotopic (exact) mass is 343 g/mol. The number of rotatable bonds is 5. The first-order valence-electron chi connectivity index (χ1n) is 6.54. The number of hydrogen-bond acceptors (Lipinski definition) is 4. The number of nitriles is 1. The molecular formula is C15H10F5N3O. The van der Waals surface area contributed by atoms with Crippen molar-refractivity contribution in [3.63, 3.8) is 0 Å². The molecule has 0 fully saturated rings. The number of aromatic nitrogens is 1. The van der Waals surface area contributed by atoms with E-state index in [4.69, 9.17) is 5.26 Å². The molecule has 0 spiro atoms. The SMILES string of the molecule is N#Cc1ccc(NCc2ccc(OC(F)F)cn2)c(C(F)(F)F)c1. The lowest BCUT2D eigenvalue weighted by Crippen LogP contribution is -2.11. The van der Waals surface area contributed by atoms with Gasteiger partial charge in [0.15, 0.2) is 0 Å². The van der Waals surface area contributed by atoms with Crippen LogP contribution >= 0.6 is 0 Å². The predicted molar refractivity (Wildman–Crippen MR) is 74.4 cm³/mol. The summed E-state index contributed by atoms with van der Waals surface area (Å²) in [5.41, 5.74) is -0.969. The molecule has 2 rings (SSSR count). The molecule has 1 N–H and O–H groups in total. The van der Waals surface area contributed by atoms with Crippen molar-refractivity contribution in [2.45, 2.75) is 19.3 Å². The number of nitrogens with one attached hydrogen (secondary N) is 1. The van der Waals surface area contributed by atoms with Crippen LogP contribution in [0.4, 0.5) is 27.6 Å². The number of halogens is 5. The van der Waals surface area contributed by atoms with Crippen molar-refractivity contribution < 1.29 is 26.7 Å². The number of ether oxygens (including phenoxy) is 1. The topological polar surface area (TPSA) is 57.9 Å². The zero-order valence-electron chi connectivity index (χ0n) is 11.9. The van der Waals surface area contributed by atoms with Gasteiger partial charge in [0.2, 0.25) is 0 Å². The number of alkyl halides is 5. The van der Waals surface area contributed by atoms with Crippen LogP contribution in [0.15, 0.2) is 36.5 Å². The van der Waals surface area contributed by atoms with E-state index < -0.39 is 18.4 Å². The number of pyridine rings is 1. The molecule has 9 heteroatoms. The van der Waals surface area contributed by atoms with E-state index >= 15 is 0 Å². The van der Waals surface area contributed by atoms with Gasteiger partial charge in [-0.15, -0.1) is 0 Å². The molecule has 0 atom stereocenters. The molecule has 0 bridgehead atoms. The molecule has 0 radical (unpaired) electrons. The van der Waals surface area contributed by atoms with E-state index in [2.05, 4.69) is 15.0 Å². The standard InChI is InChI=1S/C15H10F5N3O/c16-14(17)24-11-3-2-10(22-8-11)7-23-13-4-1-9(6-21)5-12(13)15(18,19)20/h1-5,8,14,23H,7H2. The molecule has 0 saturated heterocycles. The summed E-state index contributed by atoms with van der Waals surface area (Å²) in [5.74, 6) is -0.150. The van der Waals surface area contributed by atoms with Gasteiger partial charge in [0.05, 0.1) is 35.6 Å². The normalized spacial score (nSPS) is 11.2. The van der Waals surface area contributed by atoms with Crippen molar-refractivity contribution in [2.75, 3.05) is 5.32 Å². The van der Waals surface area contributed by atoms with Crippen LogP contribution in [0.25, 0.3) is 0 Å². The van der Waals surface area contributed by atoms with Gasteiger partial charge in [-0.3, -0.25) is 4.98 Å². The van der Waals surface area contributed by atoms with Crippen LogP contribution in [-0.2, 0) is 12.7 Å². The van der Waals surface area contributed by atoms with E-state index in [1.165, 1.54) is 18.2 Å². The molecule has 0 aliphatic heterocycles. The molecule has 1 aromatic carbocycles. The lowest BCUT2D eigenvalue weighted by molar-refractivity contribution is -0.137. The van der Waals surface area contributed by atoms with E-state index in [0.29, 0.717) is 5.69 Å². The third-order valence-corrected chi connectivity index (χ3v) is 2.94. The molecule has 0 amide bonds. The summed E-state index contributed by atoms with van der Waals surface area (Å²) in [6, 6.07) is 7.38. The summed E-state index contributed by atoms with van der Waals surface area (Å²) >= 11 is 0. The number of hydrogen-bond donors (Lipinski definition) is 1. The Balaban J connectivity index is 2.13. The Bertz CT molecular complexity index is 738. The predicted octanol–water partition coefficient (Wildman–Crippen LogP) is 4.19. The van der Waals surface area contributed by atoms with Crippen molar-refractivity contribution in [3.05, 3.63) is 53.3 Å². The first-order chi connectivity index (χ1) is 11.3. The van der Waals surface area contributed by atoms with Gasteiger partial charge < -0.3 is 10.1 Å². The molecule has 0 aliphatic rings. The van der Waals surface area contributed by atoms with Crippen LogP contribution in [0.5, 0.6) is 5.75 Å². The molecule has 126 valence electrons. The second kappa shape index (κ2) is 7.12. The van der Waals surface area contributed by atoms with Gasteiger partial charge >= 0.3 is 12.8 Å². The third kappa shape index (κ3) is 4.55. The third-order valence-electron chi connectivity index (χ3n) is 2.94. The maximum absolute atomic E-state index is 13.0. The van der Waals surface area contributed by atoms with Gasteiger partial charge in [-0.25, -0.2) is 0 Å². The number of nitrogens with zero attached hydrogens (tertiary/aromatic N) is 2. The van der Waals surface area contributed by atoms with Crippen molar-refractivity contribution in [1.82, 2.24) is 4.98 Å². The minimum absolute atomic E-state index is 0.0655. The highest BCUT2D eigenvalue weighted by atomic mass is 19.4. The van der Waals surface area contributed by atoms with Crippen LogP contribution in [0.3, 0.4) is 0 Å². The fourth-order valence-electron chi connectivity index (χ4n) is 1.88. The highest BCUT2D eigenvalue weighted by molar-refractivity contribution is 5.56. The van der Waals surface area contributed by atoms with Crippen LogP contribution in [0.1, 0.15) is 16.8 Å². The smallest absolute Gasteiger partial charge is 0.418 e. The van der Waals surface area contributed by atoms with E-state index in [0.717, 1.165) is 18.3 Å². The van der Waals surface area contributed by atoms with Crippen molar-refractivity contribution in [3.8, 4) is 11.8 Å². The molecular weight excluding hydrogens is 333 g/mol. The van der Waals surface area contributed by atoms with Crippen LogP contribution in [0, 0.1) is 11.3 Å². The molecule has 0 unspecified atom stereocenters. The van der Waals surface area contributed by atoms with Crippen LogP contribution < -0.4 is 10.1 Å². The Morgan fingerprint density at radius 1 is 1.21 bits per heavy atom. The molecule has 0 saturated carbocycles. The quantitative estimate of drug-likeness (QED) is 0.827. The number of anilines is 1. The summed E-state index contributed by atoms with van der Waals surface area (Å²) in [4.78, 5) is 3.82. The summed E-state index contributed by atoms with van der Waals surface area (Å²) in [6.45, 7) is -3.05. The van der Waals surface area contributed by atoms with Crippen molar-refractivity contribution >= 4 is 5.69 Å². The Kier molecular flexibility index (Phi) is 5.18. The van der Waals surface area contributed by atoms with Gasteiger partial charge in [0.25, 0.3) is 0 Å². The summed E-state index contributed by atoms with van der Waals surface area (Å²) < 4.78 is 67.2. The zero-order chi connectivity index (χ0) is 17.7. The molecule has 1 aromatic heterocycles. The summed E-state index contributed by atoms with van der Waals surface area (Å²) in [6.07, 6.45) is -3.58. The van der Waals surface area contributed by atoms with Crippen molar-refractivity contribution in [1.29, 1.82) is 5.26 Å². The fraction of sp³-hybridized carbons (Fsp3) is 0.200. The highest BCUT2D eigenvalue weighted by Crippen LogP contribution is 2.35. The average Bonchev–Trinajstić information content (AvgIpc) is 2.52. The second-order valence-corrected chi connectivity index (χ2v) is 4.59. The lowest BCUT2D eigenvalue weighted by atomic mass is 10.1. The zero-order valence-corrected chi connectivity index (χ0v) is 11.9. The largest absolute Gasteiger partial charge is 0.433 e. The minimum atomic E-state index is -4.63. The Hall–Kier alpha value is -2.89. The number of benzene rings is 1. The summed E-state index contributed by atoms with van der Waals surface area (Å²) in [7, 11) is 0. The Labute approximate surface area is 133 Å². The van der Waals surface area contributed by atoms with E-state index in [1.54, 1.807) is 6.07 Å². The maximum atomic E-state index is 13.0. The second-order valence-electron chi connectivity index (χ2n) is 4.59.